The lowest BCUT2D eigenvalue weighted by atomic mass is 9.99. The van der Waals surface area contributed by atoms with Gasteiger partial charge in [0, 0.05) is 18.1 Å². The number of halogens is 1. The second-order valence-electron chi connectivity index (χ2n) is 7.22. The summed E-state index contributed by atoms with van der Waals surface area (Å²) >= 11 is 8.60. The Labute approximate surface area is 188 Å². The molecule has 0 radical (unpaired) electrons. The lowest BCUT2D eigenvalue weighted by molar-refractivity contribution is -0.141. The molecule has 162 valence electrons. The fourth-order valence-electron chi connectivity index (χ4n) is 3.19. The van der Waals surface area contributed by atoms with Crippen molar-refractivity contribution in [2.75, 3.05) is 31.7 Å². The second kappa shape index (κ2) is 10.5. The molecule has 1 aromatic carbocycles. The highest BCUT2D eigenvalue weighted by Gasteiger charge is 2.20. The van der Waals surface area contributed by atoms with Crippen molar-refractivity contribution in [3.05, 3.63) is 28.0 Å². The minimum Gasteiger partial charge on any atom is -0.468 e. The number of carbonyl (C=O) groups is 3. The molecule has 0 saturated carbocycles. The van der Waals surface area contributed by atoms with Gasteiger partial charge in [-0.15, -0.1) is 11.8 Å². The van der Waals surface area contributed by atoms with Crippen molar-refractivity contribution in [2.45, 2.75) is 26.3 Å². The van der Waals surface area contributed by atoms with Crippen LogP contribution in [0, 0.1) is 5.92 Å². The van der Waals surface area contributed by atoms with E-state index in [4.69, 9.17) is 16.3 Å². The van der Waals surface area contributed by atoms with Crippen molar-refractivity contribution >= 4 is 62.7 Å². The summed E-state index contributed by atoms with van der Waals surface area (Å²) in [6, 6.07) is 5.28. The van der Waals surface area contributed by atoms with E-state index < -0.39 is 5.97 Å². The highest BCUT2D eigenvalue weighted by Crippen LogP contribution is 2.22. The molecule has 2 aromatic rings. The number of aromatic nitrogens is 1. The van der Waals surface area contributed by atoms with Gasteiger partial charge in [-0.3, -0.25) is 14.4 Å². The average Bonchev–Trinajstić information content (AvgIpc) is 3.04. The third kappa shape index (κ3) is 5.86. The van der Waals surface area contributed by atoms with Crippen molar-refractivity contribution in [3.8, 4) is 0 Å². The maximum absolute atomic E-state index is 12.4. The monoisotopic (exact) mass is 469 g/mol. The first kappa shape index (κ1) is 22.8. The number of benzene rings is 1. The number of hydrogen-bond donors (Lipinski definition) is 0. The molecule has 1 fully saturated rings. The van der Waals surface area contributed by atoms with E-state index in [1.54, 1.807) is 22.8 Å². The Morgan fingerprint density at radius 3 is 2.70 bits per heavy atom. The number of thiazole rings is 1. The molecule has 0 bridgehead atoms. The summed E-state index contributed by atoms with van der Waals surface area (Å²) in [5.74, 6) is 0.306. The van der Waals surface area contributed by atoms with E-state index in [0.717, 1.165) is 36.1 Å². The minimum absolute atomic E-state index is 0.0523. The molecule has 30 heavy (non-hydrogen) atoms. The van der Waals surface area contributed by atoms with E-state index in [1.165, 1.54) is 30.2 Å². The lowest BCUT2D eigenvalue weighted by Gasteiger charge is -2.30. The molecule has 2 amide bonds. The number of fused-ring (bicyclic) bond motifs is 1. The first-order chi connectivity index (χ1) is 14.4. The fraction of sp³-hybridized carbons (Fsp3) is 0.500. The Morgan fingerprint density at radius 1 is 1.27 bits per heavy atom. The molecule has 3 rings (SSSR count). The molecular weight excluding hydrogens is 446 g/mol. The number of rotatable bonds is 6. The van der Waals surface area contributed by atoms with Crippen LogP contribution >= 0.6 is 34.7 Å². The third-order valence-corrected chi connectivity index (χ3v) is 7.15. The van der Waals surface area contributed by atoms with Gasteiger partial charge in [-0.05, 0) is 37.0 Å². The minimum atomic E-state index is -0.436. The van der Waals surface area contributed by atoms with Crippen LogP contribution in [0.3, 0.4) is 0 Å². The number of methoxy groups -OCH3 is 1. The molecule has 1 aromatic heterocycles. The van der Waals surface area contributed by atoms with Gasteiger partial charge >= 0.3 is 5.97 Å². The normalized spacial score (nSPS) is 15.6. The molecule has 0 N–H and O–H groups in total. The Morgan fingerprint density at radius 2 is 2.00 bits per heavy atom. The number of likely N-dealkylation sites (tertiary alicyclic amines) is 1. The number of nitrogens with zero attached hydrogens (tertiary/aromatic N) is 3. The number of ether oxygens (including phenoxy) is 1. The van der Waals surface area contributed by atoms with Gasteiger partial charge in [0.15, 0.2) is 4.80 Å². The van der Waals surface area contributed by atoms with Gasteiger partial charge in [0.1, 0.15) is 6.54 Å². The van der Waals surface area contributed by atoms with Crippen LogP contribution in [0.4, 0.5) is 0 Å². The number of hydrogen-bond acceptors (Lipinski definition) is 6. The molecule has 0 spiro atoms. The number of amides is 2. The molecular formula is C20H24ClN3O4S2. The van der Waals surface area contributed by atoms with Gasteiger partial charge < -0.3 is 14.2 Å². The summed E-state index contributed by atoms with van der Waals surface area (Å²) in [7, 11) is 1.31. The highest BCUT2D eigenvalue weighted by molar-refractivity contribution is 8.00. The quantitative estimate of drug-likeness (QED) is 0.607. The molecule has 10 heteroatoms. The van der Waals surface area contributed by atoms with Gasteiger partial charge in [0.25, 0.3) is 5.91 Å². The summed E-state index contributed by atoms with van der Waals surface area (Å²) in [5.41, 5.74) is 0.753. The fourth-order valence-corrected chi connectivity index (χ4v) is 5.21. The van der Waals surface area contributed by atoms with Gasteiger partial charge in [0.05, 0.1) is 28.8 Å². The lowest BCUT2D eigenvalue weighted by Crippen LogP contribution is -2.39. The first-order valence-electron chi connectivity index (χ1n) is 9.66. The van der Waals surface area contributed by atoms with Crippen LogP contribution in [0.5, 0.6) is 0 Å². The highest BCUT2D eigenvalue weighted by atomic mass is 35.5. The number of esters is 1. The third-order valence-electron chi connectivity index (χ3n) is 4.97. The Hall–Kier alpha value is -1.84. The van der Waals surface area contributed by atoms with Crippen molar-refractivity contribution < 1.29 is 19.1 Å². The van der Waals surface area contributed by atoms with E-state index in [9.17, 15) is 14.4 Å². The molecule has 1 aliphatic heterocycles. The number of piperidine rings is 1. The van der Waals surface area contributed by atoms with Crippen molar-refractivity contribution in [2.24, 2.45) is 10.9 Å². The number of carbonyl (C=O) groups excluding carboxylic acids is 3. The first-order valence-corrected chi connectivity index (χ1v) is 12.0. The van der Waals surface area contributed by atoms with Gasteiger partial charge in [0.2, 0.25) is 5.91 Å². The summed E-state index contributed by atoms with van der Waals surface area (Å²) in [6.45, 7) is 3.72. The van der Waals surface area contributed by atoms with Crippen LogP contribution in [0.1, 0.15) is 19.8 Å². The van der Waals surface area contributed by atoms with E-state index in [0.29, 0.717) is 15.7 Å². The van der Waals surface area contributed by atoms with Crippen LogP contribution in [-0.4, -0.2) is 59.0 Å². The number of thioether (sulfide) groups is 1. The average molecular weight is 470 g/mol. The summed E-state index contributed by atoms with van der Waals surface area (Å²) in [5, 5.41) is 0.563. The molecule has 1 aliphatic rings. The van der Waals surface area contributed by atoms with Gasteiger partial charge in [-0.2, -0.15) is 4.99 Å². The standard InChI is InChI=1S/C20H24ClN3O4S2/c1-13-5-7-23(8-6-13)18(26)12-29-11-17(25)22-20-24(10-19(27)28-2)15-4-3-14(21)9-16(15)30-20/h3-4,9,13H,5-8,10-12H2,1-2H3. The molecule has 0 unspecified atom stereocenters. The van der Waals surface area contributed by atoms with Crippen LogP contribution in [-0.2, 0) is 25.7 Å². The summed E-state index contributed by atoms with van der Waals surface area (Å²) in [6.07, 6.45) is 2.06. The van der Waals surface area contributed by atoms with Crippen molar-refractivity contribution in [3.63, 3.8) is 0 Å². The van der Waals surface area contributed by atoms with Crippen LogP contribution < -0.4 is 4.80 Å². The predicted molar refractivity (Wildman–Crippen MR) is 120 cm³/mol. The second-order valence-corrected chi connectivity index (χ2v) is 9.65. The zero-order valence-corrected chi connectivity index (χ0v) is 19.3. The predicted octanol–water partition coefficient (Wildman–Crippen LogP) is 2.95. The van der Waals surface area contributed by atoms with E-state index in [1.807, 2.05) is 4.90 Å². The van der Waals surface area contributed by atoms with Gasteiger partial charge in [-0.1, -0.05) is 29.9 Å². The Kier molecular flexibility index (Phi) is 7.96. The summed E-state index contributed by atoms with van der Waals surface area (Å²) < 4.78 is 7.22. The van der Waals surface area contributed by atoms with E-state index in [2.05, 4.69) is 11.9 Å². The van der Waals surface area contributed by atoms with Gasteiger partial charge in [-0.25, -0.2) is 0 Å². The SMILES string of the molecule is COC(=O)Cn1c(=NC(=O)CSCC(=O)N2CCC(C)CC2)sc2cc(Cl)ccc21. The van der Waals surface area contributed by atoms with Crippen molar-refractivity contribution in [1.82, 2.24) is 9.47 Å². The van der Waals surface area contributed by atoms with E-state index in [-0.39, 0.29) is 29.9 Å². The molecule has 0 aliphatic carbocycles. The van der Waals surface area contributed by atoms with E-state index >= 15 is 0 Å². The summed E-state index contributed by atoms with van der Waals surface area (Å²) in [4.78, 5) is 43.0. The van der Waals surface area contributed by atoms with Crippen LogP contribution in [0.15, 0.2) is 23.2 Å². The van der Waals surface area contributed by atoms with Crippen molar-refractivity contribution in [1.29, 1.82) is 0 Å². The maximum atomic E-state index is 12.4. The maximum Gasteiger partial charge on any atom is 0.325 e. The largest absolute Gasteiger partial charge is 0.468 e. The smallest absolute Gasteiger partial charge is 0.325 e. The molecule has 1 saturated heterocycles. The molecule has 2 heterocycles. The molecule has 7 nitrogen and oxygen atoms in total. The van der Waals surface area contributed by atoms with Crippen LogP contribution in [0.2, 0.25) is 5.02 Å². The Balaban J connectivity index is 1.67. The zero-order chi connectivity index (χ0) is 21.7. The Bertz CT molecular complexity index is 1010. The topological polar surface area (TPSA) is 81.0 Å². The molecule has 0 atom stereocenters. The van der Waals surface area contributed by atoms with Crippen LogP contribution in [0.25, 0.3) is 10.2 Å². The zero-order valence-electron chi connectivity index (χ0n) is 16.9.